The molecule has 4 rings (SSSR count). The van der Waals surface area contributed by atoms with E-state index in [0.29, 0.717) is 31.7 Å². The lowest BCUT2D eigenvalue weighted by Crippen LogP contribution is -2.23. The Bertz CT molecular complexity index is 1370. The molecule has 2 heterocycles. The second kappa shape index (κ2) is 10.1. The Hall–Kier alpha value is -3.16. The maximum Gasteiger partial charge on any atom is 0.449 e. The number of aromatic nitrogens is 2. The van der Waals surface area contributed by atoms with Gasteiger partial charge in [0.25, 0.3) is 10.0 Å². The molecule has 9 nitrogen and oxygen atoms in total. The Kier molecular flexibility index (Phi) is 7.25. The molecule has 0 radical (unpaired) electrons. The molecule has 1 saturated heterocycles. The van der Waals surface area contributed by atoms with Gasteiger partial charge in [-0.25, -0.2) is 13.4 Å². The Labute approximate surface area is 205 Å². The SMILES string of the molecule is Cc1c(NS(=O)(=O)c2ccc(NC(=O)CO)cc2)ccc2c1nc(C(F)(F)F)n2CC1CCOCC1. The Morgan fingerprint density at radius 3 is 2.44 bits per heavy atom. The molecule has 0 atom stereocenters. The fourth-order valence-corrected chi connectivity index (χ4v) is 5.27. The summed E-state index contributed by atoms with van der Waals surface area (Å²) < 4.78 is 76.2. The van der Waals surface area contributed by atoms with E-state index in [4.69, 9.17) is 9.84 Å². The van der Waals surface area contributed by atoms with Gasteiger partial charge in [0.15, 0.2) is 0 Å². The summed E-state index contributed by atoms with van der Waals surface area (Å²) >= 11 is 0. The topological polar surface area (TPSA) is 123 Å². The first-order chi connectivity index (χ1) is 17.0. The number of alkyl halides is 3. The first-order valence-electron chi connectivity index (χ1n) is 11.2. The van der Waals surface area contributed by atoms with E-state index >= 15 is 0 Å². The number of nitrogens with one attached hydrogen (secondary N) is 2. The Morgan fingerprint density at radius 2 is 1.83 bits per heavy atom. The molecule has 194 valence electrons. The minimum Gasteiger partial charge on any atom is -0.387 e. The molecule has 1 amide bonds. The predicted molar refractivity (Wildman–Crippen MR) is 126 cm³/mol. The molecular formula is C23H25F3N4O5S. The molecule has 1 aliphatic heterocycles. The van der Waals surface area contributed by atoms with Crippen LogP contribution >= 0.6 is 0 Å². The number of hydrogen-bond donors (Lipinski definition) is 3. The zero-order chi connectivity index (χ0) is 26.1. The second-order valence-electron chi connectivity index (χ2n) is 8.54. The minimum absolute atomic E-state index is 0.0147. The summed E-state index contributed by atoms with van der Waals surface area (Å²) in [4.78, 5) is 15.0. The van der Waals surface area contributed by atoms with E-state index in [9.17, 15) is 26.4 Å². The lowest BCUT2D eigenvalue weighted by atomic mass is 10.00. The van der Waals surface area contributed by atoms with Gasteiger partial charge in [0.2, 0.25) is 11.7 Å². The van der Waals surface area contributed by atoms with Gasteiger partial charge in [-0.2, -0.15) is 13.2 Å². The van der Waals surface area contributed by atoms with Crippen molar-refractivity contribution in [2.45, 2.75) is 37.4 Å². The van der Waals surface area contributed by atoms with Crippen molar-refractivity contribution in [3.8, 4) is 0 Å². The molecule has 0 bridgehead atoms. The van der Waals surface area contributed by atoms with Crippen molar-refractivity contribution >= 4 is 38.3 Å². The van der Waals surface area contributed by atoms with E-state index in [-0.39, 0.29) is 39.6 Å². The van der Waals surface area contributed by atoms with Gasteiger partial charge in [-0.05, 0) is 62.1 Å². The third-order valence-corrected chi connectivity index (χ3v) is 7.43. The highest BCUT2D eigenvalue weighted by Gasteiger charge is 2.38. The molecular weight excluding hydrogens is 501 g/mol. The van der Waals surface area contributed by atoms with Crippen LogP contribution in [0.5, 0.6) is 0 Å². The number of benzene rings is 2. The molecule has 36 heavy (non-hydrogen) atoms. The molecule has 0 aliphatic carbocycles. The molecule has 13 heteroatoms. The van der Waals surface area contributed by atoms with E-state index in [2.05, 4.69) is 15.0 Å². The normalized spacial score (nSPS) is 15.2. The average Bonchev–Trinajstić information content (AvgIpc) is 3.21. The number of aliphatic hydroxyl groups excluding tert-OH is 1. The summed E-state index contributed by atoms with van der Waals surface area (Å²) in [6.45, 7) is 1.93. The van der Waals surface area contributed by atoms with Crippen molar-refractivity contribution in [3.05, 3.63) is 47.8 Å². The number of sulfonamides is 1. The number of hydrogen-bond acceptors (Lipinski definition) is 6. The highest BCUT2D eigenvalue weighted by molar-refractivity contribution is 7.92. The van der Waals surface area contributed by atoms with Crippen molar-refractivity contribution in [1.29, 1.82) is 0 Å². The fraction of sp³-hybridized carbons (Fsp3) is 0.391. The summed E-state index contributed by atoms with van der Waals surface area (Å²) in [5.74, 6) is -1.66. The third-order valence-electron chi connectivity index (χ3n) is 6.05. The van der Waals surface area contributed by atoms with Gasteiger partial charge in [-0.3, -0.25) is 9.52 Å². The third kappa shape index (κ3) is 5.47. The number of halogens is 3. The number of fused-ring (bicyclic) bond motifs is 1. The maximum atomic E-state index is 13.8. The lowest BCUT2D eigenvalue weighted by Gasteiger charge is -2.24. The second-order valence-corrected chi connectivity index (χ2v) is 10.2. The van der Waals surface area contributed by atoms with Gasteiger partial charge < -0.3 is 19.7 Å². The zero-order valence-electron chi connectivity index (χ0n) is 19.3. The average molecular weight is 527 g/mol. The Morgan fingerprint density at radius 1 is 1.17 bits per heavy atom. The van der Waals surface area contributed by atoms with Gasteiger partial charge >= 0.3 is 6.18 Å². The number of imidazole rings is 1. The summed E-state index contributed by atoms with van der Waals surface area (Å²) in [7, 11) is -4.09. The number of amides is 1. The standard InChI is InChI=1S/C23H25F3N4O5S/c1-14-18(29-36(33,34)17-4-2-16(3-5-17)27-20(32)13-31)6-7-19-21(14)28-22(23(24,25)26)30(19)12-15-8-10-35-11-9-15/h2-7,15,29,31H,8-13H2,1H3,(H,27,32). The van der Waals surface area contributed by atoms with Crippen LogP contribution < -0.4 is 10.0 Å². The van der Waals surface area contributed by atoms with Crippen molar-refractivity contribution < 1.29 is 36.2 Å². The monoisotopic (exact) mass is 526 g/mol. The minimum atomic E-state index is -4.68. The summed E-state index contributed by atoms with van der Waals surface area (Å²) in [5.41, 5.74) is 0.999. The molecule has 2 aromatic carbocycles. The van der Waals surface area contributed by atoms with Crippen LogP contribution in [-0.4, -0.2) is 48.8 Å². The first-order valence-corrected chi connectivity index (χ1v) is 12.7. The van der Waals surface area contributed by atoms with Gasteiger partial charge in [0.05, 0.1) is 21.6 Å². The highest BCUT2D eigenvalue weighted by atomic mass is 32.2. The van der Waals surface area contributed by atoms with Crippen LogP contribution in [0.15, 0.2) is 41.3 Å². The maximum absolute atomic E-state index is 13.8. The number of rotatable bonds is 7. The van der Waals surface area contributed by atoms with E-state index in [0.717, 1.165) is 4.57 Å². The number of nitrogens with zero attached hydrogens (tertiary/aromatic N) is 2. The number of aliphatic hydroxyl groups is 1. The largest absolute Gasteiger partial charge is 0.449 e. The van der Waals surface area contributed by atoms with E-state index in [1.165, 1.54) is 43.3 Å². The van der Waals surface area contributed by atoms with Gasteiger partial charge in [0, 0.05) is 31.0 Å². The van der Waals surface area contributed by atoms with Crippen molar-refractivity contribution in [1.82, 2.24) is 9.55 Å². The van der Waals surface area contributed by atoms with Crippen LogP contribution in [0.2, 0.25) is 0 Å². The summed E-state index contributed by atoms with van der Waals surface area (Å²) in [5, 5.41) is 11.2. The molecule has 0 unspecified atom stereocenters. The van der Waals surface area contributed by atoms with Crippen LogP contribution in [0.4, 0.5) is 24.5 Å². The molecule has 0 spiro atoms. The van der Waals surface area contributed by atoms with Crippen molar-refractivity contribution in [3.63, 3.8) is 0 Å². The van der Waals surface area contributed by atoms with Gasteiger partial charge in [0.1, 0.15) is 6.61 Å². The first kappa shape index (κ1) is 25.9. The van der Waals surface area contributed by atoms with Crippen molar-refractivity contribution in [2.75, 3.05) is 29.9 Å². The number of ether oxygens (including phenoxy) is 1. The molecule has 3 N–H and O–H groups in total. The Balaban J connectivity index is 1.65. The quantitative estimate of drug-likeness (QED) is 0.433. The van der Waals surface area contributed by atoms with Crippen molar-refractivity contribution in [2.24, 2.45) is 5.92 Å². The molecule has 0 saturated carbocycles. The summed E-state index contributed by atoms with van der Waals surface area (Å²) in [6, 6.07) is 8.08. The number of carbonyl (C=O) groups is 1. The van der Waals surface area contributed by atoms with Crippen LogP contribution in [0, 0.1) is 12.8 Å². The molecule has 1 fully saturated rings. The van der Waals surface area contributed by atoms with Crippen LogP contribution in [0.3, 0.4) is 0 Å². The molecule has 3 aromatic rings. The smallest absolute Gasteiger partial charge is 0.387 e. The lowest BCUT2D eigenvalue weighted by molar-refractivity contribution is -0.147. The van der Waals surface area contributed by atoms with E-state index in [1.54, 1.807) is 0 Å². The van der Waals surface area contributed by atoms with E-state index in [1.807, 2.05) is 0 Å². The molecule has 1 aliphatic rings. The van der Waals surface area contributed by atoms with E-state index < -0.39 is 34.5 Å². The fourth-order valence-electron chi connectivity index (χ4n) is 4.15. The number of carbonyl (C=O) groups excluding carboxylic acids is 1. The predicted octanol–water partition coefficient (Wildman–Crippen LogP) is 3.52. The van der Waals surface area contributed by atoms with Crippen LogP contribution in [0.1, 0.15) is 24.2 Å². The zero-order valence-corrected chi connectivity index (χ0v) is 20.1. The van der Waals surface area contributed by atoms with Crippen LogP contribution in [0.25, 0.3) is 11.0 Å². The van der Waals surface area contributed by atoms with Gasteiger partial charge in [-0.15, -0.1) is 0 Å². The summed E-state index contributed by atoms with van der Waals surface area (Å²) in [6.07, 6.45) is -3.38. The molecule has 1 aromatic heterocycles. The number of aryl methyl sites for hydroxylation is 1. The van der Waals surface area contributed by atoms with Gasteiger partial charge in [-0.1, -0.05) is 0 Å². The highest BCUT2D eigenvalue weighted by Crippen LogP contribution is 2.36. The number of anilines is 2. The van der Waals surface area contributed by atoms with Crippen LogP contribution in [-0.2, 0) is 32.3 Å².